The molecule has 14 heavy (non-hydrogen) atoms. The number of imidazole rings is 1. The highest BCUT2D eigenvalue weighted by Gasteiger charge is 2.01. The quantitative estimate of drug-likeness (QED) is 0.512. The fourth-order valence-electron chi connectivity index (χ4n) is 1.24. The third-order valence-electron chi connectivity index (χ3n) is 1.95. The van der Waals surface area contributed by atoms with E-state index in [9.17, 15) is 0 Å². The summed E-state index contributed by atoms with van der Waals surface area (Å²) >= 11 is 0. The van der Waals surface area contributed by atoms with E-state index in [0.717, 1.165) is 19.4 Å². The van der Waals surface area contributed by atoms with Gasteiger partial charge in [-0.2, -0.15) is 10.5 Å². The first-order valence-electron chi connectivity index (χ1n) is 4.65. The molecule has 0 bridgehead atoms. The maximum absolute atomic E-state index is 8.46. The van der Waals surface area contributed by atoms with Crippen molar-refractivity contribution in [1.29, 1.82) is 10.5 Å². The van der Waals surface area contributed by atoms with Crippen LogP contribution in [0.1, 0.15) is 19.3 Å². The Morgan fingerprint density at radius 3 is 2.79 bits per heavy atom. The molecule has 4 heteroatoms. The van der Waals surface area contributed by atoms with Gasteiger partial charge < -0.3 is 0 Å². The predicted molar refractivity (Wildman–Crippen MR) is 49.7 cm³/mol. The number of nitrogens with zero attached hydrogens (tertiary/aromatic N) is 4. The van der Waals surface area contributed by atoms with Crippen LogP contribution in [0.3, 0.4) is 0 Å². The fourth-order valence-corrected chi connectivity index (χ4v) is 1.24. The molecule has 0 radical (unpaired) electrons. The highest BCUT2D eigenvalue weighted by Crippen LogP contribution is 1.93. The standard InChI is InChI=1S/C10H13N4/c11-4-2-1-3-6-13-8-9-14(10-13)7-5-12/h8-10H,1-3,6-7H2/q+1. The minimum Gasteiger partial charge on any atom is -0.237 e. The molecule has 0 spiro atoms. The van der Waals surface area contributed by atoms with Gasteiger partial charge in [-0.1, -0.05) is 0 Å². The summed E-state index contributed by atoms with van der Waals surface area (Å²) in [6, 6.07) is 4.20. The second-order valence-corrected chi connectivity index (χ2v) is 3.10. The Bertz CT molecular complexity index is 353. The van der Waals surface area contributed by atoms with Crippen LogP contribution in [0.15, 0.2) is 18.7 Å². The second kappa shape index (κ2) is 5.77. The van der Waals surface area contributed by atoms with Crippen LogP contribution in [0.2, 0.25) is 0 Å². The average Bonchev–Trinajstić information content (AvgIpc) is 2.61. The Balaban J connectivity index is 2.30. The Labute approximate surface area is 83.6 Å². The van der Waals surface area contributed by atoms with E-state index in [2.05, 4.69) is 12.1 Å². The number of rotatable bonds is 5. The van der Waals surface area contributed by atoms with Gasteiger partial charge in [0.15, 0.2) is 6.54 Å². The molecule has 1 heterocycles. The Hall–Kier alpha value is -1.81. The largest absolute Gasteiger partial charge is 0.244 e. The Morgan fingerprint density at radius 1 is 1.21 bits per heavy atom. The van der Waals surface area contributed by atoms with E-state index in [4.69, 9.17) is 10.5 Å². The van der Waals surface area contributed by atoms with E-state index in [0.29, 0.717) is 13.0 Å². The molecular formula is C10H13N4+. The van der Waals surface area contributed by atoms with Gasteiger partial charge in [0.2, 0.25) is 6.33 Å². The molecule has 0 fully saturated rings. The Kier molecular flexibility index (Phi) is 4.23. The predicted octanol–water partition coefficient (Wildman–Crippen LogP) is 0.993. The zero-order chi connectivity index (χ0) is 10.2. The van der Waals surface area contributed by atoms with Crippen molar-refractivity contribution in [3.63, 3.8) is 0 Å². The number of aryl methyl sites for hydroxylation is 1. The van der Waals surface area contributed by atoms with E-state index in [1.54, 1.807) is 0 Å². The van der Waals surface area contributed by atoms with Crippen molar-refractivity contribution >= 4 is 0 Å². The lowest BCUT2D eigenvalue weighted by molar-refractivity contribution is -0.696. The molecule has 0 amide bonds. The molecule has 0 aromatic carbocycles. The van der Waals surface area contributed by atoms with Crippen molar-refractivity contribution in [3.05, 3.63) is 18.7 Å². The topological polar surface area (TPSA) is 56.4 Å². The summed E-state index contributed by atoms with van der Waals surface area (Å²) in [4.78, 5) is 0. The summed E-state index contributed by atoms with van der Waals surface area (Å²) in [6.07, 6.45) is 8.31. The molecule has 0 saturated heterocycles. The summed E-state index contributed by atoms with van der Waals surface area (Å²) in [7, 11) is 0. The summed E-state index contributed by atoms with van der Waals surface area (Å²) in [6.45, 7) is 1.31. The fraction of sp³-hybridized carbons (Fsp3) is 0.500. The molecule has 0 atom stereocenters. The van der Waals surface area contributed by atoms with Crippen LogP contribution in [-0.2, 0) is 13.1 Å². The normalized spacial score (nSPS) is 9.29. The van der Waals surface area contributed by atoms with Crippen molar-refractivity contribution in [2.24, 2.45) is 0 Å². The van der Waals surface area contributed by atoms with Gasteiger partial charge in [-0.15, -0.1) is 0 Å². The molecule has 0 aliphatic heterocycles. The van der Waals surface area contributed by atoms with Crippen molar-refractivity contribution in [2.75, 3.05) is 0 Å². The van der Waals surface area contributed by atoms with Crippen LogP contribution in [0, 0.1) is 22.7 Å². The lowest BCUT2D eigenvalue weighted by Crippen LogP contribution is -2.30. The van der Waals surface area contributed by atoms with Gasteiger partial charge in [0.05, 0.1) is 12.6 Å². The number of hydrogen-bond acceptors (Lipinski definition) is 2. The number of hydrogen-bond donors (Lipinski definition) is 0. The van der Waals surface area contributed by atoms with Crippen LogP contribution in [-0.4, -0.2) is 4.57 Å². The average molecular weight is 189 g/mol. The van der Waals surface area contributed by atoms with Crippen molar-refractivity contribution in [1.82, 2.24) is 4.57 Å². The Morgan fingerprint density at radius 2 is 2.07 bits per heavy atom. The third-order valence-corrected chi connectivity index (χ3v) is 1.95. The minimum absolute atomic E-state index is 0.394. The molecule has 1 aromatic rings. The summed E-state index contributed by atoms with van der Waals surface area (Å²) in [5.41, 5.74) is 0. The van der Waals surface area contributed by atoms with Gasteiger partial charge in [-0.25, -0.2) is 9.13 Å². The smallest absolute Gasteiger partial charge is 0.237 e. The molecule has 0 N–H and O–H groups in total. The molecule has 0 aliphatic rings. The molecule has 1 rings (SSSR count). The van der Waals surface area contributed by atoms with Gasteiger partial charge >= 0.3 is 0 Å². The lowest BCUT2D eigenvalue weighted by atomic mass is 10.2. The first-order chi connectivity index (χ1) is 6.86. The van der Waals surface area contributed by atoms with Gasteiger partial charge in [-0.3, -0.25) is 0 Å². The maximum Gasteiger partial charge on any atom is 0.244 e. The summed E-state index contributed by atoms with van der Waals surface area (Å²) in [5, 5.41) is 16.8. The van der Waals surface area contributed by atoms with E-state index < -0.39 is 0 Å². The van der Waals surface area contributed by atoms with Crippen LogP contribution in [0.5, 0.6) is 0 Å². The molecular weight excluding hydrogens is 176 g/mol. The molecule has 0 aliphatic carbocycles. The highest BCUT2D eigenvalue weighted by atomic mass is 15.1. The van der Waals surface area contributed by atoms with Crippen molar-refractivity contribution in [3.8, 4) is 12.1 Å². The summed E-state index contributed by atoms with van der Waals surface area (Å²) in [5.74, 6) is 0. The van der Waals surface area contributed by atoms with E-state index in [-0.39, 0.29) is 0 Å². The highest BCUT2D eigenvalue weighted by molar-refractivity contribution is 4.76. The van der Waals surface area contributed by atoms with Crippen LogP contribution >= 0.6 is 0 Å². The lowest BCUT2D eigenvalue weighted by Gasteiger charge is -1.92. The van der Waals surface area contributed by atoms with Crippen LogP contribution in [0.4, 0.5) is 0 Å². The van der Waals surface area contributed by atoms with E-state index in [1.165, 1.54) is 0 Å². The minimum atomic E-state index is 0.394. The van der Waals surface area contributed by atoms with Crippen LogP contribution in [0.25, 0.3) is 0 Å². The van der Waals surface area contributed by atoms with E-state index in [1.807, 2.05) is 27.9 Å². The van der Waals surface area contributed by atoms with Gasteiger partial charge in [-0.05, 0) is 12.8 Å². The number of nitriles is 2. The molecule has 0 unspecified atom stereocenters. The van der Waals surface area contributed by atoms with Gasteiger partial charge in [0.25, 0.3) is 0 Å². The monoisotopic (exact) mass is 189 g/mol. The SMILES string of the molecule is N#CCCCC[n+]1ccn(CC#N)c1. The second-order valence-electron chi connectivity index (χ2n) is 3.10. The molecule has 1 aromatic heterocycles. The molecule has 0 saturated carbocycles. The third kappa shape index (κ3) is 3.28. The zero-order valence-corrected chi connectivity index (χ0v) is 8.06. The van der Waals surface area contributed by atoms with Crippen LogP contribution < -0.4 is 4.57 Å². The maximum atomic E-state index is 8.46. The van der Waals surface area contributed by atoms with Crippen molar-refractivity contribution in [2.45, 2.75) is 32.4 Å². The molecule has 4 nitrogen and oxygen atoms in total. The number of unbranched alkanes of at least 4 members (excludes halogenated alkanes) is 2. The summed E-state index contributed by atoms with van der Waals surface area (Å²) < 4.78 is 3.87. The van der Waals surface area contributed by atoms with Gasteiger partial charge in [0, 0.05) is 6.42 Å². The van der Waals surface area contributed by atoms with Crippen molar-refractivity contribution < 1.29 is 4.57 Å². The first-order valence-corrected chi connectivity index (χ1v) is 4.65. The number of aromatic nitrogens is 2. The van der Waals surface area contributed by atoms with Gasteiger partial charge in [0.1, 0.15) is 18.5 Å². The zero-order valence-electron chi connectivity index (χ0n) is 8.06. The first kappa shape index (κ1) is 10.3. The van der Waals surface area contributed by atoms with E-state index >= 15 is 0 Å². The molecule has 72 valence electrons.